The second-order valence-corrected chi connectivity index (χ2v) is 12.9. The molecule has 6 rings (SSSR count). The van der Waals surface area contributed by atoms with Crippen molar-refractivity contribution in [1.29, 1.82) is 0 Å². The third-order valence-corrected chi connectivity index (χ3v) is 10.2. The third kappa shape index (κ3) is 4.43. The van der Waals surface area contributed by atoms with Crippen molar-refractivity contribution in [2.24, 2.45) is 17.3 Å². The third-order valence-electron chi connectivity index (χ3n) is 8.39. The summed E-state index contributed by atoms with van der Waals surface area (Å²) in [5, 5.41) is 4.62. The molecule has 188 valence electrons. The van der Waals surface area contributed by atoms with E-state index in [0.717, 1.165) is 49.0 Å². The van der Waals surface area contributed by atoms with Crippen LogP contribution in [0.5, 0.6) is 0 Å². The zero-order valence-corrected chi connectivity index (χ0v) is 21.4. The van der Waals surface area contributed by atoms with E-state index < -0.39 is 10.0 Å². The Kier molecular flexibility index (Phi) is 5.88. The second kappa shape index (κ2) is 8.96. The monoisotopic (exact) mass is 505 g/mol. The molecule has 0 saturated heterocycles. The van der Waals surface area contributed by atoms with Gasteiger partial charge in [-0.05, 0) is 90.8 Å². The Balaban J connectivity index is 1.26. The van der Waals surface area contributed by atoms with Gasteiger partial charge in [-0.1, -0.05) is 42.8 Å². The molecule has 3 aliphatic rings. The van der Waals surface area contributed by atoms with Crippen LogP contribution in [0.4, 0.5) is 4.39 Å². The summed E-state index contributed by atoms with van der Waals surface area (Å²) >= 11 is 0. The van der Waals surface area contributed by atoms with Crippen LogP contribution in [0.15, 0.2) is 66.4 Å². The van der Waals surface area contributed by atoms with Crippen LogP contribution in [0.2, 0.25) is 0 Å². The molecule has 1 aromatic heterocycles. The van der Waals surface area contributed by atoms with Crippen LogP contribution in [0.25, 0.3) is 11.8 Å². The minimum Gasteiger partial charge on any atom is -0.233 e. The number of allylic oxidation sites excluding steroid dienone is 1. The van der Waals surface area contributed by atoms with Gasteiger partial charge in [0.25, 0.3) is 0 Å². The number of halogens is 1. The van der Waals surface area contributed by atoms with Crippen molar-refractivity contribution in [3.63, 3.8) is 0 Å². The molecule has 0 amide bonds. The maximum Gasteiger partial charge on any atom is 0.218 e. The fourth-order valence-electron chi connectivity index (χ4n) is 6.03. The molecule has 36 heavy (non-hydrogen) atoms. The number of sulfonamides is 1. The summed E-state index contributed by atoms with van der Waals surface area (Å²) in [5.41, 5.74) is 5.19. The fraction of sp³-hybridized carbons (Fsp3) is 0.414. The first-order valence-corrected chi connectivity index (χ1v) is 14.5. The highest BCUT2D eigenvalue weighted by atomic mass is 32.2. The van der Waals surface area contributed by atoms with Crippen molar-refractivity contribution in [3.05, 3.63) is 89.0 Å². The van der Waals surface area contributed by atoms with Gasteiger partial charge in [-0.25, -0.2) is 21.8 Å². The fourth-order valence-corrected chi connectivity index (χ4v) is 7.67. The van der Waals surface area contributed by atoms with E-state index in [-0.39, 0.29) is 22.9 Å². The van der Waals surface area contributed by atoms with E-state index in [1.54, 1.807) is 16.4 Å². The lowest BCUT2D eigenvalue weighted by atomic mass is 9.70. The van der Waals surface area contributed by atoms with Crippen molar-refractivity contribution < 1.29 is 12.8 Å². The quantitative estimate of drug-likeness (QED) is 0.400. The Hall–Kier alpha value is -2.77. The first-order valence-electron chi connectivity index (χ1n) is 12.9. The normalized spacial score (nSPS) is 23.4. The molecule has 3 aromatic rings. The zero-order valence-electron chi connectivity index (χ0n) is 20.6. The molecular weight excluding hydrogens is 473 g/mol. The molecule has 2 aromatic carbocycles. The van der Waals surface area contributed by atoms with Gasteiger partial charge >= 0.3 is 0 Å². The van der Waals surface area contributed by atoms with Gasteiger partial charge in [0.05, 0.1) is 23.3 Å². The molecule has 3 aliphatic carbocycles. The summed E-state index contributed by atoms with van der Waals surface area (Å²) in [4.78, 5) is 0. The van der Waals surface area contributed by atoms with Crippen LogP contribution in [0.1, 0.15) is 49.4 Å². The van der Waals surface area contributed by atoms with Crippen LogP contribution in [-0.4, -0.2) is 35.6 Å². The van der Waals surface area contributed by atoms with Crippen molar-refractivity contribution in [3.8, 4) is 5.69 Å². The first kappa shape index (κ1) is 23.6. The van der Waals surface area contributed by atoms with E-state index in [4.69, 9.17) is 0 Å². The Bertz CT molecular complexity index is 1390. The number of hydrogen-bond acceptors (Lipinski definition) is 3. The highest BCUT2D eigenvalue weighted by Gasteiger charge is 2.47. The van der Waals surface area contributed by atoms with Gasteiger partial charge in [-0.15, -0.1) is 0 Å². The molecule has 2 atom stereocenters. The van der Waals surface area contributed by atoms with Crippen LogP contribution in [0, 0.1) is 23.1 Å². The van der Waals surface area contributed by atoms with E-state index in [1.165, 1.54) is 23.3 Å². The first-order chi connectivity index (χ1) is 17.3. The van der Waals surface area contributed by atoms with Crippen LogP contribution < -0.4 is 0 Å². The molecule has 7 heteroatoms. The number of nitrogens with zero attached hydrogens (tertiary/aromatic N) is 3. The van der Waals surface area contributed by atoms with Crippen molar-refractivity contribution in [1.82, 2.24) is 14.1 Å². The van der Waals surface area contributed by atoms with Crippen LogP contribution >= 0.6 is 0 Å². The van der Waals surface area contributed by atoms with Crippen molar-refractivity contribution in [2.75, 3.05) is 13.1 Å². The summed E-state index contributed by atoms with van der Waals surface area (Å²) in [6.07, 6.45) is 9.20. The molecule has 0 N–H and O–H groups in total. The Morgan fingerprint density at radius 1 is 1.06 bits per heavy atom. The number of fused-ring (bicyclic) bond motifs is 2. The molecule has 0 unspecified atom stereocenters. The largest absolute Gasteiger partial charge is 0.233 e. The van der Waals surface area contributed by atoms with Gasteiger partial charge in [0.2, 0.25) is 10.0 Å². The predicted molar refractivity (Wildman–Crippen MR) is 139 cm³/mol. The molecule has 5 nitrogen and oxygen atoms in total. The Morgan fingerprint density at radius 2 is 1.81 bits per heavy atom. The van der Waals surface area contributed by atoms with Crippen LogP contribution in [-0.2, 0) is 22.2 Å². The van der Waals surface area contributed by atoms with E-state index in [9.17, 15) is 12.8 Å². The van der Waals surface area contributed by atoms with E-state index in [2.05, 4.69) is 18.1 Å². The number of aromatic nitrogens is 2. The highest BCUT2D eigenvalue weighted by Crippen LogP contribution is 2.53. The molecule has 0 aliphatic heterocycles. The van der Waals surface area contributed by atoms with Crippen molar-refractivity contribution >= 4 is 16.1 Å². The molecule has 2 saturated carbocycles. The average molecular weight is 506 g/mol. The van der Waals surface area contributed by atoms with Gasteiger partial charge in [0.15, 0.2) is 0 Å². The van der Waals surface area contributed by atoms with Gasteiger partial charge in [-0.2, -0.15) is 5.10 Å². The van der Waals surface area contributed by atoms with E-state index in [1.807, 2.05) is 41.2 Å². The maximum atomic E-state index is 13.6. The molecule has 0 radical (unpaired) electrons. The summed E-state index contributed by atoms with van der Waals surface area (Å²) in [6, 6.07) is 15.9. The lowest BCUT2D eigenvalue weighted by molar-refractivity contribution is 0.217. The number of benzene rings is 2. The molecular formula is C29H32FN3O2S. The SMILES string of the molecule is C[C@]12Cc3cnn(-c4ccc(F)cc4)c3C=C1CC[C@@H]2CN(CC1CC1)S(=O)(=O)Cc1ccccc1. The number of hydrogen-bond donors (Lipinski definition) is 0. The topological polar surface area (TPSA) is 55.2 Å². The zero-order chi connectivity index (χ0) is 24.9. The number of rotatable bonds is 8. The molecule has 0 bridgehead atoms. The lowest BCUT2D eigenvalue weighted by Gasteiger charge is -2.38. The smallest absolute Gasteiger partial charge is 0.218 e. The van der Waals surface area contributed by atoms with Gasteiger partial charge in [0.1, 0.15) is 5.82 Å². The summed E-state index contributed by atoms with van der Waals surface area (Å²) < 4.78 is 44.3. The van der Waals surface area contributed by atoms with Gasteiger partial charge in [0, 0.05) is 13.1 Å². The molecule has 2 fully saturated rings. The summed E-state index contributed by atoms with van der Waals surface area (Å²) in [6.45, 7) is 3.50. The maximum absolute atomic E-state index is 13.6. The summed E-state index contributed by atoms with van der Waals surface area (Å²) in [7, 11) is -3.41. The van der Waals surface area contributed by atoms with Crippen LogP contribution in [0.3, 0.4) is 0 Å². The Morgan fingerprint density at radius 3 is 2.53 bits per heavy atom. The van der Waals surface area contributed by atoms with E-state index >= 15 is 0 Å². The highest BCUT2D eigenvalue weighted by molar-refractivity contribution is 7.88. The lowest BCUT2D eigenvalue weighted by Crippen LogP contribution is -2.42. The average Bonchev–Trinajstić information content (AvgIpc) is 3.51. The minimum atomic E-state index is -3.41. The minimum absolute atomic E-state index is 0.0568. The van der Waals surface area contributed by atoms with Gasteiger partial charge < -0.3 is 0 Å². The molecule has 0 spiro atoms. The standard InChI is InChI=1S/C29H32FN3O2S/c1-29-16-23-17-31-33(27-13-11-26(30)12-14-27)28(23)15-24(29)9-10-25(29)19-32(18-21-7-8-21)36(34,35)20-22-5-3-2-4-6-22/h2-6,11-15,17,21,25H,7-10,16,18-20H2,1H3/t25-,29+/m1/s1. The summed E-state index contributed by atoms with van der Waals surface area (Å²) in [5.74, 6) is 0.547. The van der Waals surface area contributed by atoms with E-state index in [0.29, 0.717) is 19.0 Å². The second-order valence-electron chi connectivity index (χ2n) is 10.9. The molecule has 1 heterocycles. The van der Waals surface area contributed by atoms with Gasteiger partial charge in [-0.3, -0.25) is 0 Å². The Labute approximate surface area is 212 Å². The van der Waals surface area contributed by atoms with Crippen molar-refractivity contribution in [2.45, 2.75) is 44.8 Å². The predicted octanol–water partition coefficient (Wildman–Crippen LogP) is 5.61.